The molecule has 2 aromatic rings. The lowest BCUT2D eigenvalue weighted by Gasteiger charge is -2.15. The number of ether oxygens (including phenoxy) is 1. The molecular formula is C14H20ClN5O. The Bertz CT molecular complexity index is 625. The van der Waals surface area contributed by atoms with Crippen LogP contribution in [0.1, 0.15) is 18.7 Å². The van der Waals surface area contributed by atoms with E-state index in [1.165, 1.54) is 12.8 Å². The van der Waals surface area contributed by atoms with Crippen molar-refractivity contribution in [1.82, 2.24) is 24.6 Å². The number of hydrogen-bond acceptors (Lipinski definition) is 5. The third-order valence-corrected chi connectivity index (χ3v) is 3.96. The predicted octanol–water partition coefficient (Wildman–Crippen LogP) is 1.88. The minimum absolute atomic E-state index is 0.460. The van der Waals surface area contributed by atoms with Crippen molar-refractivity contribution in [3.05, 3.63) is 17.2 Å². The lowest BCUT2D eigenvalue weighted by atomic mass is 10.4. The highest BCUT2D eigenvalue weighted by Crippen LogP contribution is 2.28. The summed E-state index contributed by atoms with van der Waals surface area (Å²) in [5, 5.41) is 5.41. The van der Waals surface area contributed by atoms with Crippen LogP contribution in [0.25, 0.3) is 11.0 Å². The minimum atomic E-state index is 0.460. The van der Waals surface area contributed by atoms with Gasteiger partial charge in [-0.05, 0) is 25.8 Å². The van der Waals surface area contributed by atoms with Crippen molar-refractivity contribution in [2.24, 2.45) is 13.0 Å². The third kappa shape index (κ3) is 3.70. The summed E-state index contributed by atoms with van der Waals surface area (Å²) in [7, 11) is 3.88. The monoisotopic (exact) mass is 309 g/mol. The highest BCUT2D eigenvalue weighted by molar-refractivity contribution is 6.33. The molecular weight excluding hydrogens is 290 g/mol. The molecule has 0 radical (unpaired) electrons. The molecule has 114 valence electrons. The third-order valence-electron chi connectivity index (χ3n) is 3.67. The largest absolute Gasteiger partial charge is 0.380 e. The highest BCUT2D eigenvalue weighted by Gasteiger charge is 2.21. The molecule has 3 rings (SSSR count). The molecule has 6 nitrogen and oxygen atoms in total. The summed E-state index contributed by atoms with van der Waals surface area (Å²) < 4.78 is 7.36. The van der Waals surface area contributed by atoms with Crippen LogP contribution in [0.4, 0.5) is 0 Å². The van der Waals surface area contributed by atoms with Gasteiger partial charge in [0.25, 0.3) is 0 Å². The Labute approximate surface area is 129 Å². The normalized spacial score (nSPS) is 15.2. The second-order valence-corrected chi connectivity index (χ2v) is 6.05. The van der Waals surface area contributed by atoms with Gasteiger partial charge in [0.2, 0.25) is 0 Å². The molecule has 0 aliphatic heterocycles. The summed E-state index contributed by atoms with van der Waals surface area (Å²) in [6, 6.07) is 0. The maximum absolute atomic E-state index is 6.18. The van der Waals surface area contributed by atoms with E-state index in [9.17, 15) is 0 Å². The zero-order valence-electron chi connectivity index (χ0n) is 12.4. The summed E-state index contributed by atoms with van der Waals surface area (Å²) in [5.41, 5.74) is 0.767. The number of likely N-dealkylation sites (N-methyl/N-ethyl adjacent to an activating group) is 1. The summed E-state index contributed by atoms with van der Waals surface area (Å²) in [5.74, 6) is 1.52. The average Bonchev–Trinajstić information content (AvgIpc) is 3.19. The number of halogens is 1. The van der Waals surface area contributed by atoms with Crippen molar-refractivity contribution >= 4 is 22.6 Å². The van der Waals surface area contributed by atoms with E-state index >= 15 is 0 Å². The van der Waals surface area contributed by atoms with Crippen LogP contribution in [0.3, 0.4) is 0 Å². The predicted molar refractivity (Wildman–Crippen MR) is 81.2 cm³/mol. The fourth-order valence-corrected chi connectivity index (χ4v) is 2.41. The SMILES string of the molecule is CN(CCOCC1CC1)Cc1nc(Cl)c2cnn(C)c2n1. The maximum Gasteiger partial charge on any atom is 0.162 e. The smallest absolute Gasteiger partial charge is 0.162 e. The molecule has 0 N–H and O–H groups in total. The molecule has 0 spiro atoms. The van der Waals surface area contributed by atoms with Gasteiger partial charge in [-0.15, -0.1) is 0 Å². The van der Waals surface area contributed by atoms with Gasteiger partial charge < -0.3 is 4.74 Å². The Morgan fingerprint density at radius 1 is 1.43 bits per heavy atom. The van der Waals surface area contributed by atoms with Crippen LogP contribution in [0, 0.1) is 5.92 Å². The molecule has 0 aromatic carbocycles. The van der Waals surface area contributed by atoms with Crippen LogP contribution in [0.2, 0.25) is 5.15 Å². The molecule has 0 unspecified atom stereocenters. The Hall–Kier alpha value is -1.24. The Morgan fingerprint density at radius 2 is 2.24 bits per heavy atom. The van der Waals surface area contributed by atoms with Crippen LogP contribution in [0.15, 0.2) is 6.20 Å². The molecule has 1 fully saturated rings. The molecule has 0 atom stereocenters. The van der Waals surface area contributed by atoms with Crippen LogP contribution in [-0.2, 0) is 18.3 Å². The second-order valence-electron chi connectivity index (χ2n) is 5.69. The summed E-state index contributed by atoms with van der Waals surface area (Å²) >= 11 is 6.18. The molecule has 1 aliphatic rings. The molecule has 0 amide bonds. The highest BCUT2D eigenvalue weighted by atomic mass is 35.5. The fourth-order valence-electron chi connectivity index (χ4n) is 2.18. The summed E-state index contributed by atoms with van der Waals surface area (Å²) in [6.07, 6.45) is 4.34. The Morgan fingerprint density at radius 3 is 3.00 bits per heavy atom. The topological polar surface area (TPSA) is 56.1 Å². The van der Waals surface area contributed by atoms with Crippen molar-refractivity contribution in [1.29, 1.82) is 0 Å². The number of nitrogens with zero attached hydrogens (tertiary/aromatic N) is 5. The van der Waals surface area contributed by atoms with Gasteiger partial charge in [-0.2, -0.15) is 5.10 Å². The van der Waals surface area contributed by atoms with E-state index in [0.29, 0.717) is 17.5 Å². The Balaban J connectivity index is 1.56. The first kappa shape index (κ1) is 14.7. The fraction of sp³-hybridized carbons (Fsp3) is 0.643. The zero-order chi connectivity index (χ0) is 14.8. The molecule has 0 bridgehead atoms. The van der Waals surface area contributed by atoms with Gasteiger partial charge in [0.1, 0.15) is 11.0 Å². The summed E-state index contributed by atoms with van der Waals surface area (Å²) in [4.78, 5) is 11.0. The molecule has 7 heteroatoms. The van der Waals surface area contributed by atoms with Crippen LogP contribution >= 0.6 is 11.6 Å². The molecule has 2 heterocycles. The van der Waals surface area contributed by atoms with Gasteiger partial charge in [0.15, 0.2) is 5.65 Å². The number of fused-ring (bicyclic) bond motifs is 1. The molecule has 21 heavy (non-hydrogen) atoms. The Kier molecular flexibility index (Phi) is 4.37. The standard InChI is InChI=1S/C14H20ClN5O/c1-19(5-6-21-9-10-3-4-10)8-12-17-13(15)11-7-16-20(2)14(11)18-12/h7,10H,3-6,8-9H2,1-2H3. The molecule has 1 saturated carbocycles. The first-order chi connectivity index (χ1) is 10.1. The first-order valence-electron chi connectivity index (χ1n) is 7.24. The van der Waals surface area contributed by atoms with Crippen LogP contribution in [0.5, 0.6) is 0 Å². The van der Waals surface area contributed by atoms with Gasteiger partial charge in [-0.1, -0.05) is 11.6 Å². The molecule has 0 saturated heterocycles. The van der Waals surface area contributed by atoms with E-state index in [-0.39, 0.29) is 0 Å². The minimum Gasteiger partial charge on any atom is -0.380 e. The second kappa shape index (κ2) is 6.25. The van der Waals surface area contributed by atoms with E-state index in [1.54, 1.807) is 10.9 Å². The van der Waals surface area contributed by atoms with Crippen molar-refractivity contribution in [2.45, 2.75) is 19.4 Å². The maximum atomic E-state index is 6.18. The van der Waals surface area contributed by atoms with E-state index in [1.807, 2.05) is 14.1 Å². The van der Waals surface area contributed by atoms with E-state index in [4.69, 9.17) is 16.3 Å². The van der Waals surface area contributed by atoms with Crippen LogP contribution in [-0.4, -0.2) is 51.5 Å². The van der Waals surface area contributed by atoms with Gasteiger partial charge in [-0.3, -0.25) is 9.58 Å². The van der Waals surface area contributed by atoms with E-state index in [0.717, 1.165) is 36.7 Å². The van der Waals surface area contributed by atoms with Gasteiger partial charge in [-0.25, -0.2) is 9.97 Å². The average molecular weight is 310 g/mol. The lowest BCUT2D eigenvalue weighted by Crippen LogP contribution is -2.24. The summed E-state index contributed by atoms with van der Waals surface area (Å²) in [6.45, 7) is 3.15. The quantitative estimate of drug-likeness (QED) is 0.577. The van der Waals surface area contributed by atoms with E-state index in [2.05, 4.69) is 20.0 Å². The molecule has 1 aliphatic carbocycles. The first-order valence-corrected chi connectivity index (χ1v) is 7.61. The number of aromatic nitrogens is 4. The van der Waals surface area contributed by atoms with Crippen molar-refractivity contribution < 1.29 is 4.74 Å². The van der Waals surface area contributed by atoms with Crippen molar-refractivity contribution in [3.8, 4) is 0 Å². The number of aryl methyl sites for hydroxylation is 1. The van der Waals surface area contributed by atoms with Gasteiger partial charge in [0, 0.05) is 20.2 Å². The zero-order valence-corrected chi connectivity index (χ0v) is 13.2. The van der Waals surface area contributed by atoms with Crippen LogP contribution < -0.4 is 0 Å². The van der Waals surface area contributed by atoms with Gasteiger partial charge >= 0.3 is 0 Å². The number of rotatable bonds is 7. The van der Waals surface area contributed by atoms with Crippen molar-refractivity contribution in [2.75, 3.05) is 26.8 Å². The van der Waals surface area contributed by atoms with Crippen molar-refractivity contribution in [3.63, 3.8) is 0 Å². The van der Waals surface area contributed by atoms with Gasteiger partial charge in [0.05, 0.1) is 24.7 Å². The van der Waals surface area contributed by atoms with E-state index < -0.39 is 0 Å². The molecule has 2 aromatic heterocycles. The lowest BCUT2D eigenvalue weighted by molar-refractivity contribution is 0.101. The number of hydrogen-bond donors (Lipinski definition) is 0.